The predicted molar refractivity (Wildman–Crippen MR) is 203 cm³/mol. The lowest BCUT2D eigenvalue weighted by molar-refractivity contribution is 0.510. The van der Waals surface area contributed by atoms with Gasteiger partial charge in [-0.15, -0.1) is 0 Å². The number of aryl methyl sites for hydroxylation is 3. The van der Waals surface area contributed by atoms with Crippen LogP contribution in [0.4, 0.5) is 47.8 Å². The van der Waals surface area contributed by atoms with Gasteiger partial charge in [0.25, 0.3) is 0 Å². The van der Waals surface area contributed by atoms with Gasteiger partial charge < -0.3 is 22.1 Å². The molecule has 0 bridgehead atoms. The number of rotatable bonds is 6. The van der Waals surface area contributed by atoms with E-state index in [0.29, 0.717) is 29.1 Å². The first-order chi connectivity index (χ1) is 25.4. The summed E-state index contributed by atoms with van der Waals surface area (Å²) in [7, 11) is 0. The van der Waals surface area contributed by atoms with Crippen LogP contribution >= 0.6 is 15.9 Å². The molecule has 4 heterocycles. The second-order valence-electron chi connectivity index (χ2n) is 11.9. The molecule has 6 N–H and O–H groups in total. The van der Waals surface area contributed by atoms with Gasteiger partial charge in [-0.2, -0.15) is 24.3 Å². The fourth-order valence-electron chi connectivity index (χ4n) is 5.55. The molecule has 12 nitrogen and oxygen atoms in total. The third-order valence-electron chi connectivity index (χ3n) is 8.02. The Bertz CT molecular complexity index is 2620. The molecule has 4 aromatic heterocycles. The van der Waals surface area contributed by atoms with E-state index < -0.39 is 17.5 Å². The topological polar surface area (TPSA) is 163 Å². The number of hydrogen-bond donors (Lipinski definition) is 4. The van der Waals surface area contributed by atoms with Gasteiger partial charge in [-0.05, 0) is 69.3 Å². The molecule has 8 aromatic rings. The van der Waals surface area contributed by atoms with Crippen LogP contribution in [0.25, 0.3) is 34.0 Å². The van der Waals surface area contributed by atoms with Crippen molar-refractivity contribution in [3.8, 4) is 11.9 Å². The first kappa shape index (κ1) is 34.9. The summed E-state index contributed by atoms with van der Waals surface area (Å²) in [6, 6.07) is 26.6. The minimum atomic E-state index is -1.04. The summed E-state index contributed by atoms with van der Waals surface area (Å²) >= 11 is 3.43. The van der Waals surface area contributed by atoms with Crippen LogP contribution < -0.4 is 22.1 Å². The normalized spacial score (nSPS) is 11.1. The molecule has 0 amide bonds. The van der Waals surface area contributed by atoms with E-state index in [9.17, 15) is 13.2 Å². The third kappa shape index (κ3) is 7.30. The highest BCUT2D eigenvalue weighted by Gasteiger charge is 2.19. The number of benzene rings is 4. The Labute approximate surface area is 308 Å². The fourth-order valence-corrected chi connectivity index (χ4v) is 5.82. The molecule has 0 aliphatic carbocycles. The minimum absolute atomic E-state index is 0.0143. The Hall–Kier alpha value is -6.55. The first-order valence-corrected chi connectivity index (χ1v) is 16.9. The van der Waals surface area contributed by atoms with Crippen LogP contribution in [0.5, 0.6) is 0 Å². The van der Waals surface area contributed by atoms with E-state index in [1.807, 2.05) is 79.1 Å². The summed E-state index contributed by atoms with van der Waals surface area (Å²) in [5.74, 6) is -0.731. The number of para-hydroxylation sites is 2. The maximum atomic E-state index is 14.5. The monoisotopic (exact) mass is 778 g/mol. The largest absolute Gasteiger partial charge is 0.383 e. The zero-order chi connectivity index (χ0) is 37.4. The zero-order valence-electron chi connectivity index (χ0n) is 28.4. The van der Waals surface area contributed by atoms with Crippen molar-refractivity contribution >= 4 is 72.6 Å². The molecule has 16 heteroatoms. The number of nitrogens with one attached hydrogen (secondary N) is 2. The van der Waals surface area contributed by atoms with Crippen LogP contribution in [0.2, 0.25) is 0 Å². The molecule has 266 valence electrons. The number of halogens is 4. The summed E-state index contributed by atoms with van der Waals surface area (Å²) in [4.78, 5) is 25.9. The van der Waals surface area contributed by atoms with Gasteiger partial charge in [0.05, 0.1) is 22.1 Å². The van der Waals surface area contributed by atoms with E-state index in [1.165, 1.54) is 4.57 Å². The van der Waals surface area contributed by atoms with Gasteiger partial charge in [0.15, 0.2) is 23.3 Å². The molecule has 0 radical (unpaired) electrons. The molecule has 0 saturated carbocycles. The van der Waals surface area contributed by atoms with E-state index >= 15 is 0 Å². The SMILES string of the molecule is Cc1ccc(Nc2nc(-n3c(C)nc4cc(F)c(F)cc43)nc(N)c2F)cc1.Cc1nc2ccccc2n1-c1nc(N)cc(Nc2ccc(Br)cc2)n1. The molecule has 53 heavy (non-hydrogen) atoms. The second kappa shape index (κ2) is 14.2. The predicted octanol–water partition coefficient (Wildman–Crippen LogP) is 8.39. The lowest BCUT2D eigenvalue weighted by Crippen LogP contribution is -2.10. The first-order valence-electron chi connectivity index (χ1n) is 16.1. The van der Waals surface area contributed by atoms with Crippen LogP contribution in [0.3, 0.4) is 0 Å². The highest BCUT2D eigenvalue weighted by molar-refractivity contribution is 9.10. The highest BCUT2D eigenvalue weighted by atomic mass is 79.9. The van der Waals surface area contributed by atoms with Gasteiger partial charge in [-0.3, -0.25) is 9.13 Å². The van der Waals surface area contributed by atoms with Crippen LogP contribution in [-0.4, -0.2) is 39.0 Å². The van der Waals surface area contributed by atoms with E-state index in [1.54, 1.807) is 25.1 Å². The Kier molecular flexibility index (Phi) is 9.36. The van der Waals surface area contributed by atoms with E-state index in [2.05, 4.69) is 56.5 Å². The number of imidazole rings is 2. The van der Waals surface area contributed by atoms with Crippen molar-refractivity contribution in [1.29, 1.82) is 0 Å². The molecule has 0 saturated heterocycles. The van der Waals surface area contributed by atoms with Crippen molar-refractivity contribution < 1.29 is 13.2 Å². The number of fused-ring (bicyclic) bond motifs is 2. The molecule has 0 aliphatic rings. The van der Waals surface area contributed by atoms with Crippen LogP contribution in [0.1, 0.15) is 17.2 Å². The quantitative estimate of drug-likeness (QED) is 0.129. The molecular formula is C37H30BrF3N12. The van der Waals surface area contributed by atoms with E-state index in [-0.39, 0.29) is 28.6 Å². The van der Waals surface area contributed by atoms with E-state index in [0.717, 1.165) is 44.7 Å². The molecular weight excluding hydrogens is 749 g/mol. The van der Waals surface area contributed by atoms with Crippen LogP contribution in [0, 0.1) is 38.2 Å². The standard InChI is InChI=1S/C19H15F3N6.C18H15BrN6/c1-9-3-5-11(6-4-9)25-18-16(22)17(23)26-19(27-18)28-10(2)24-14-7-12(20)13(21)8-15(14)28;1-11-21-14-4-2-3-5-15(14)25(11)18-23-16(20)10-17(24-18)22-13-8-6-12(19)7-9-13/h3-8H,1-2H3,(H3,23,25,26,27);2-10H,1H3,(H3,20,22,23,24). The highest BCUT2D eigenvalue weighted by Crippen LogP contribution is 2.27. The van der Waals surface area contributed by atoms with Gasteiger partial charge in [0.2, 0.25) is 17.7 Å². The molecule has 0 fully saturated rings. The maximum Gasteiger partial charge on any atom is 0.239 e. The van der Waals surface area contributed by atoms with Gasteiger partial charge in [0, 0.05) is 34.0 Å². The third-order valence-corrected chi connectivity index (χ3v) is 8.55. The number of anilines is 6. The summed E-state index contributed by atoms with van der Waals surface area (Å²) < 4.78 is 46.0. The van der Waals surface area contributed by atoms with Crippen molar-refractivity contribution in [2.75, 3.05) is 22.1 Å². The summed E-state index contributed by atoms with van der Waals surface area (Å²) in [5.41, 5.74) is 16.6. The number of hydrogen-bond acceptors (Lipinski definition) is 10. The van der Waals surface area contributed by atoms with Crippen LogP contribution in [-0.2, 0) is 0 Å². The molecule has 4 aromatic carbocycles. The van der Waals surface area contributed by atoms with Crippen LogP contribution in [0.15, 0.2) is 95.5 Å². The van der Waals surface area contributed by atoms with Crippen molar-refractivity contribution in [1.82, 2.24) is 39.0 Å². The van der Waals surface area contributed by atoms with Gasteiger partial charge in [-0.25, -0.2) is 18.7 Å². The molecule has 0 atom stereocenters. The number of nitrogen functional groups attached to an aromatic ring is 2. The fraction of sp³-hybridized carbons (Fsp3) is 0.0811. The van der Waals surface area contributed by atoms with Crippen molar-refractivity contribution in [2.24, 2.45) is 0 Å². The van der Waals surface area contributed by atoms with Crippen molar-refractivity contribution in [3.63, 3.8) is 0 Å². The van der Waals surface area contributed by atoms with Gasteiger partial charge in [0.1, 0.15) is 23.3 Å². The Balaban J connectivity index is 0.000000165. The Morgan fingerprint density at radius 2 is 1.21 bits per heavy atom. The molecule has 0 unspecified atom stereocenters. The average molecular weight is 780 g/mol. The zero-order valence-corrected chi connectivity index (χ0v) is 30.0. The number of nitrogens with two attached hydrogens (primary N) is 2. The lowest BCUT2D eigenvalue weighted by atomic mass is 10.2. The van der Waals surface area contributed by atoms with Crippen molar-refractivity contribution in [3.05, 3.63) is 130 Å². The molecule has 8 rings (SSSR count). The number of nitrogens with zero attached hydrogens (tertiary/aromatic N) is 8. The smallest absolute Gasteiger partial charge is 0.239 e. The van der Waals surface area contributed by atoms with Gasteiger partial charge in [-0.1, -0.05) is 45.8 Å². The van der Waals surface area contributed by atoms with E-state index in [4.69, 9.17) is 11.5 Å². The minimum Gasteiger partial charge on any atom is -0.383 e. The average Bonchev–Trinajstić information content (AvgIpc) is 3.63. The molecule has 0 aliphatic heterocycles. The van der Waals surface area contributed by atoms with Gasteiger partial charge >= 0.3 is 0 Å². The Morgan fingerprint density at radius 1 is 0.604 bits per heavy atom. The lowest BCUT2D eigenvalue weighted by Gasteiger charge is -2.12. The Morgan fingerprint density at radius 3 is 1.94 bits per heavy atom. The second-order valence-corrected chi connectivity index (χ2v) is 12.8. The number of aromatic nitrogens is 8. The summed E-state index contributed by atoms with van der Waals surface area (Å²) in [5, 5.41) is 6.11. The molecule has 0 spiro atoms. The maximum absolute atomic E-state index is 14.5. The summed E-state index contributed by atoms with van der Waals surface area (Å²) in [6.45, 7) is 5.47. The summed E-state index contributed by atoms with van der Waals surface area (Å²) in [6.07, 6.45) is 0. The van der Waals surface area contributed by atoms with Crippen molar-refractivity contribution in [2.45, 2.75) is 20.8 Å².